The predicted octanol–water partition coefficient (Wildman–Crippen LogP) is 1.57. The van der Waals surface area contributed by atoms with Gasteiger partial charge in [0.25, 0.3) is 5.91 Å². The number of nitriles is 1. The maximum absolute atomic E-state index is 11.4. The number of carbonyl (C=O) groups excluding carboxylic acids is 1. The number of halogens is 1. The number of hydrogen-bond acceptors (Lipinski definition) is 2. The molecule has 4 heteroatoms. The summed E-state index contributed by atoms with van der Waals surface area (Å²) in [5.41, 5.74) is 0.419. The van der Waals surface area contributed by atoms with Gasteiger partial charge >= 0.3 is 0 Å². The smallest absolute Gasteiger partial charge is 0.264 e. The van der Waals surface area contributed by atoms with Crippen molar-refractivity contribution in [3.05, 3.63) is 21.4 Å². The van der Waals surface area contributed by atoms with E-state index in [0.29, 0.717) is 15.7 Å². The average Bonchev–Trinajstić information content (AvgIpc) is 2.19. The summed E-state index contributed by atoms with van der Waals surface area (Å²) >= 11 is 1.98. The summed E-state index contributed by atoms with van der Waals surface area (Å²) in [5, 5.41) is 8.65. The summed E-state index contributed by atoms with van der Waals surface area (Å²) in [7, 11) is 1.61. The Morgan fingerprint density at radius 3 is 2.92 bits per heavy atom. The van der Waals surface area contributed by atoms with Crippen molar-refractivity contribution in [3.8, 4) is 6.07 Å². The van der Waals surface area contributed by atoms with E-state index in [1.165, 1.54) is 4.90 Å². The standard InChI is InChI=1S/C8H7IN2O/c1-11-6(5-10)3-2-4-7(9)8(11)12/h3-4H,2H2,1H3. The van der Waals surface area contributed by atoms with Gasteiger partial charge in [-0.25, -0.2) is 0 Å². The van der Waals surface area contributed by atoms with Crippen molar-refractivity contribution in [2.24, 2.45) is 0 Å². The molecule has 1 heterocycles. The Morgan fingerprint density at radius 2 is 2.33 bits per heavy atom. The molecule has 0 spiro atoms. The Labute approximate surface area is 84.5 Å². The third-order valence-corrected chi connectivity index (χ3v) is 2.49. The van der Waals surface area contributed by atoms with E-state index in [1.807, 2.05) is 34.7 Å². The molecule has 0 fully saturated rings. The number of nitrogens with zero attached hydrogens (tertiary/aromatic N) is 2. The van der Waals surface area contributed by atoms with Gasteiger partial charge in [-0.05, 0) is 35.1 Å². The number of carbonyl (C=O) groups is 1. The van der Waals surface area contributed by atoms with E-state index in [-0.39, 0.29) is 5.91 Å². The quantitative estimate of drug-likeness (QED) is 0.629. The Bertz CT molecular complexity index is 312. The number of amides is 1. The Hall–Kier alpha value is -0.830. The third kappa shape index (κ3) is 1.67. The molecule has 0 bridgehead atoms. The highest BCUT2D eigenvalue weighted by Crippen LogP contribution is 2.18. The van der Waals surface area contributed by atoms with E-state index >= 15 is 0 Å². The molecule has 1 aliphatic rings. The molecule has 0 aromatic heterocycles. The normalized spacial score (nSPS) is 17.8. The van der Waals surface area contributed by atoms with E-state index in [0.717, 1.165) is 0 Å². The van der Waals surface area contributed by atoms with Gasteiger partial charge in [-0.2, -0.15) is 5.26 Å². The highest BCUT2D eigenvalue weighted by atomic mass is 127. The lowest BCUT2D eigenvalue weighted by molar-refractivity contribution is -0.123. The summed E-state index contributed by atoms with van der Waals surface area (Å²) in [6.07, 6.45) is 4.20. The van der Waals surface area contributed by atoms with Crippen LogP contribution in [0.5, 0.6) is 0 Å². The molecule has 3 nitrogen and oxygen atoms in total. The van der Waals surface area contributed by atoms with E-state index in [4.69, 9.17) is 5.26 Å². The van der Waals surface area contributed by atoms with Gasteiger partial charge in [0.1, 0.15) is 11.8 Å². The second kappa shape index (κ2) is 3.72. The maximum Gasteiger partial charge on any atom is 0.264 e. The molecule has 0 aromatic rings. The SMILES string of the molecule is CN1C(=O)C(I)=CCC=C1C#N. The average molecular weight is 274 g/mol. The van der Waals surface area contributed by atoms with Gasteiger partial charge in [0, 0.05) is 7.05 Å². The van der Waals surface area contributed by atoms with Crippen molar-refractivity contribution in [2.45, 2.75) is 6.42 Å². The van der Waals surface area contributed by atoms with Crippen LogP contribution < -0.4 is 0 Å². The fourth-order valence-electron chi connectivity index (χ4n) is 0.889. The summed E-state index contributed by atoms with van der Waals surface area (Å²) in [6, 6.07) is 1.97. The third-order valence-electron chi connectivity index (χ3n) is 1.59. The summed E-state index contributed by atoms with van der Waals surface area (Å²) in [6.45, 7) is 0. The zero-order chi connectivity index (χ0) is 9.14. The Balaban J connectivity index is 3.00. The fourth-order valence-corrected chi connectivity index (χ4v) is 1.50. The van der Waals surface area contributed by atoms with Gasteiger partial charge < -0.3 is 4.90 Å². The Morgan fingerprint density at radius 1 is 1.67 bits per heavy atom. The van der Waals surface area contributed by atoms with Crippen LogP contribution in [-0.4, -0.2) is 17.9 Å². The second-order valence-electron chi connectivity index (χ2n) is 2.35. The minimum atomic E-state index is -0.110. The van der Waals surface area contributed by atoms with Crippen LogP contribution in [0.2, 0.25) is 0 Å². The molecular weight excluding hydrogens is 267 g/mol. The maximum atomic E-state index is 11.4. The van der Waals surface area contributed by atoms with E-state index in [9.17, 15) is 4.79 Å². The van der Waals surface area contributed by atoms with Gasteiger partial charge in [0.05, 0.1) is 3.58 Å². The molecular formula is C8H7IN2O. The molecule has 1 aliphatic heterocycles. The van der Waals surface area contributed by atoms with Crippen LogP contribution in [0.15, 0.2) is 21.4 Å². The molecule has 0 atom stereocenters. The highest BCUT2D eigenvalue weighted by molar-refractivity contribution is 14.1. The van der Waals surface area contributed by atoms with Crippen molar-refractivity contribution in [3.63, 3.8) is 0 Å². The molecule has 0 saturated carbocycles. The van der Waals surface area contributed by atoms with Crippen LogP contribution in [0, 0.1) is 11.3 Å². The topological polar surface area (TPSA) is 44.1 Å². The molecule has 62 valence electrons. The van der Waals surface area contributed by atoms with Gasteiger partial charge in [-0.1, -0.05) is 6.08 Å². The van der Waals surface area contributed by atoms with E-state index in [1.54, 1.807) is 13.1 Å². The lowest BCUT2D eigenvalue weighted by Gasteiger charge is -2.12. The van der Waals surface area contributed by atoms with Crippen molar-refractivity contribution in [2.75, 3.05) is 7.05 Å². The highest BCUT2D eigenvalue weighted by Gasteiger charge is 2.17. The molecule has 1 rings (SSSR count). The molecule has 0 aliphatic carbocycles. The van der Waals surface area contributed by atoms with E-state index in [2.05, 4.69) is 0 Å². The van der Waals surface area contributed by atoms with Crippen molar-refractivity contribution in [1.82, 2.24) is 4.90 Å². The molecule has 0 unspecified atom stereocenters. The number of rotatable bonds is 0. The molecule has 0 aromatic carbocycles. The van der Waals surface area contributed by atoms with E-state index < -0.39 is 0 Å². The fraction of sp³-hybridized carbons (Fsp3) is 0.250. The van der Waals surface area contributed by atoms with Gasteiger partial charge in [-0.15, -0.1) is 0 Å². The van der Waals surface area contributed by atoms with Crippen molar-refractivity contribution < 1.29 is 4.79 Å². The first-order valence-corrected chi connectivity index (χ1v) is 4.48. The summed E-state index contributed by atoms with van der Waals surface area (Å²) < 4.78 is 0.664. The lowest BCUT2D eigenvalue weighted by atomic mass is 10.3. The van der Waals surface area contributed by atoms with Crippen LogP contribution in [0.4, 0.5) is 0 Å². The predicted molar refractivity (Wildman–Crippen MR) is 53.2 cm³/mol. The molecule has 0 radical (unpaired) electrons. The first-order valence-electron chi connectivity index (χ1n) is 3.40. The van der Waals surface area contributed by atoms with Crippen molar-refractivity contribution >= 4 is 28.5 Å². The monoisotopic (exact) mass is 274 g/mol. The zero-order valence-corrected chi connectivity index (χ0v) is 8.70. The first-order chi connectivity index (χ1) is 5.66. The second-order valence-corrected chi connectivity index (χ2v) is 3.52. The van der Waals surface area contributed by atoms with Crippen LogP contribution >= 0.6 is 22.6 Å². The van der Waals surface area contributed by atoms with Gasteiger partial charge in [0.15, 0.2) is 0 Å². The van der Waals surface area contributed by atoms with Gasteiger partial charge in [-0.3, -0.25) is 4.79 Å². The van der Waals surface area contributed by atoms with Crippen LogP contribution in [0.3, 0.4) is 0 Å². The lowest BCUT2D eigenvalue weighted by Crippen LogP contribution is -2.24. The summed E-state index contributed by atoms with van der Waals surface area (Å²) in [5.74, 6) is -0.110. The molecule has 12 heavy (non-hydrogen) atoms. The number of hydrogen-bond donors (Lipinski definition) is 0. The molecule has 1 amide bonds. The zero-order valence-electron chi connectivity index (χ0n) is 6.54. The first kappa shape index (κ1) is 9.26. The number of allylic oxidation sites excluding steroid dienone is 3. The van der Waals surface area contributed by atoms with Crippen LogP contribution in [0.1, 0.15) is 6.42 Å². The van der Waals surface area contributed by atoms with Gasteiger partial charge in [0.2, 0.25) is 0 Å². The largest absolute Gasteiger partial charge is 0.302 e. The van der Waals surface area contributed by atoms with Crippen LogP contribution in [-0.2, 0) is 4.79 Å². The molecule has 0 N–H and O–H groups in total. The molecule has 0 saturated heterocycles. The number of likely N-dealkylation sites (N-methyl/N-ethyl adjacent to an activating group) is 1. The minimum absolute atomic E-state index is 0.110. The Kier molecular flexibility index (Phi) is 2.87. The minimum Gasteiger partial charge on any atom is -0.302 e. The summed E-state index contributed by atoms with van der Waals surface area (Å²) in [4.78, 5) is 12.7. The van der Waals surface area contributed by atoms with Crippen molar-refractivity contribution in [1.29, 1.82) is 5.26 Å². The van der Waals surface area contributed by atoms with Crippen LogP contribution in [0.25, 0.3) is 0 Å².